The van der Waals surface area contributed by atoms with Crippen LogP contribution in [-0.2, 0) is 11.8 Å². The highest BCUT2D eigenvalue weighted by atomic mass is 127. The Labute approximate surface area is 180 Å². The van der Waals surface area contributed by atoms with Crippen LogP contribution < -0.4 is 0 Å². The molecule has 0 nitrogen and oxygen atoms in total. The van der Waals surface area contributed by atoms with Crippen molar-refractivity contribution < 1.29 is 0 Å². The van der Waals surface area contributed by atoms with Crippen molar-refractivity contribution in [3.8, 4) is 0 Å². The zero-order chi connectivity index (χ0) is 19.9. The standard InChI is InChI=1S/C26H35I/c1-6-10-21-12-13-23-22(11-7-2)24(18-20(5)14-17-27)26(15-8-3,16-9-4)25(23)19-21/h7,11-14,17-19H,6,8-10,15-16H2,1-5H3/b11-7-,17-14+,20-18-. The summed E-state index contributed by atoms with van der Waals surface area (Å²) in [6, 6.07) is 7.26. The summed E-state index contributed by atoms with van der Waals surface area (Å²) < 4.78 is 2.11. The molecule has 1 aliphatic carbocycles. The molecule has 0 atom stereocenters. The number of aryl methyl sites for hydroxylation is 1. The molecule has 0 saturated heterocycles. The van der Waals surface area contributed by atoms with Gasteiger partial charge in [-0.2, -0.15) is 0 Å². The van der Waals surface area contributed by atoms with Gasteiger partial charge in [-0.1, -0.05) is 111 Å². The van der Waals surface area contributed by atoms with Crippen LogP contribution in [0.2, 0.25) is 0 Å². The quantitative estimate of drug-likeness (QED) is 0.248. The molecule has 0 aromatic heterocycles. The van der Waals surface area contributed by atoms with Gasteiger partial charge in [-0.25, -0.2) is 0 Å². The minimum atomic E-state index is 0.151. The molecule has 1 aromatic carbocycles. The molecule has 1 aromatic rings. The second-order valence-electron chi connectivity index (χ2n) is 7.72. The Morgan fingerprint density at radius 2 is 1.78 bits per heavy atom. The van der Waals surface area contributed by atoms with Gasteiger partial charge in [-0.05, 0) is 65.0 Å². The zero-order valence-electron chi connectivity index (χ0n) is 17.7. The predicted octanol–water partition coefficient (Wildman–Crippen LogP) is 8.72. The summed E-state index contributed by atoms with van der Waals surface area (Å²) in [5.41, 5.74) is 8.95. The van der Waals surface area contributed by atoms with Crippen molar-refractivity contribution in [1.29, 1.82) is 0 Å². The van der Waals surface area contributed by atoms with E-state index in [2.05, 4.69) is 104 Å². The van der Waals surface area contributed by atoms with Crippen molar-refractivity contribution in [2.24, 2.45) is 0 Å². The lowest BCUT2D eigenvalue weighted by molar-refractivity contribution is 0.432. The van der Waals surface area contributed by atoms with Crippen LogP contribution in [0.3, 0.4) is 0 Å². The summed E-state index contributed by atoms with van der Waals surface area (Å²) in [6.45, 7) is 11.3. The predicted molar refractivity (Wildman–Crippen MR) is 131 cm³/mol. The van der Waals surface area contributed by atoms with Crippen LogP contribution in [0, 0.1) is 0 Å². The third-order valence-electron chi connectivity index (χ3n) is 5.62. The first-order valence-electron chi connectivity index (χ1n) is 10.5. The molecule has 1 aliphatic rings. The number of rotatable bonds is 9. The molecule has 0 heterocycles. The SMILES string of the molecule is C/C=C\C1=C(/C=C(C)\C=C\I)C(CCC)(CCC)c2cc(CCC)ccc21. The van der Waals surface area contributed by atoms with Gasteiger partial charge in [0.25, 0.3) is 0 Å². The van der Waals surface area contributed by atoms with E-state index in [0.29, 0.717) is 0 Å². The van der Waals surface area contributed by atoms with E-state index >= 15 is 0 Å². The van der Waals surface area contributed by atoms with E-state index in [1.165, 1.54) is 66.4 Å². The summed E-state index contributed by atoms with van der Waals surface area (Å²) in [7, 11) is 0. The number of benzene rings is 1. The lowest BCUT2D eigenvalue weighted by Crippen LogP contribution is -2.26. The van der Waals surface area contributed by atoms with E-state index in [4.69, 9.17) is 0 Å². The average Bonchev–Trinajstić information content (AvgIpc) is 2.87. The largest absolute Gasteiger partial charge is 0.0870 e. The van der Waals surface area contributed by atoms with Gasteiger partial charge in [0.2, 0.25) is 0 Å². The average molecular weight is 474 g/mol. The monoisotopic (exact) mass is 474 g/mol. The highest BCUT2D eigenvalue weighted by molar-refractivity contribution is 14.1. The van der Waals surface area contributed by atoms with Crippen LogP contribution in [0.1, 0.15) is 83.4 Å². The molecule has 0 fully saturated rings. The summed E-state index contributed by atoms with van der Waals surface area (Å²) in [5.74, 6) is 0. The number of hydrogen-bond acceptors (Lipinski definition) is 0. The first kappa shape index (κ1) is 22.2. The Kier molecular flexibility index (Phi) is 8.60. The maximum Gasteiger partial charge on any atom is 0.0215 e. The molecule has 0 radical (unpaired) electrons. The second kappa shape index (κ2) is 10.5. The lowest BCUT2D eigenvalue weighted by atomic mass is 9.70. The van der Waals surface area contributed by atoms with Crippen LogP contribution in [-0.4, -0.2) is 0 Å². The normalized spacial score (nSPS) is 16.7. The molecular weight excluding hydrogens is 439 g/mol. The van der Waals surface area contributed by atoms with E-state index in [1.54, 1.807) is 5.56 Å². The highest BCUT2D eigenvalue weighted by Gasteiger charge is 2.42. The van der Waals surface area contributed by atoms with Crippen molar-refractivity contribution in [3.05, 3.63) is 74.4 Å². The van der Waals surface area contributed by atoms with Crippen LogP contribution in [0.5, 0.6) is 0 Å². The molecule has 1 heteroatoms. The Balaban J connectivity index is 2.80. The van der Waals surface area contributed by atoms with Crippen LogP contribution in [0.15, 0.2) is 57.7 Å². The van der Waals surface area contributed by atoms with E-state index < -0.39 is 0 Å². The summed E-state index contributed by atoms with van der Waals surface area (Å²) in [4.78, 5) is 0. The topological polar surface area (TPSA) is 0 Å². The third kappa shape index (κ3) is 4.67. The van der Waals surface area contributed by atoms with E-state index in [9.17, 15) is 0 Å². The van der Waals surface area contributed by atoms with Gasteiger partial charge in [0.15, 0.2) is 0 Å². The zero-order valence-corrected chi connectivity index (χ0v) is 19.9. The number of allylic oxidation sites excluding steroid dienone is 7. The van der Waals surface area contributed by atoms with E-state index in [1.807, 2.05) is 0 Å². The molecule has 0 amide bonds. The lowest BCUT2D eigenvalue weighted by Gasteiger charge is -2.33. The maximum atomic E-state index is 2.53. The molecule has 146 valence electrons. The highest BCUT2D eigenvalue weighted by Crippen LogP contribution is 2.53. The molecule has 0 aliphatic heterocycles. The fourth-order valence-electron chi connectivity index (χ4n) is 4.67. The molecule has 27 heavy (non-hydrogen) atoms. The number of halogens is 1. The van der Waals surface area contributed by atoms with Gasteiger partial charge < -0.3 is 0 Å². The number of fused-ring (bicyclic) bond motifs is 1. The van der Waals surface area contributed by atoms with Gasteiger partial charge in [0, 0.05) is 5.41 Å². The van der Waals surface area contributed by atoms with Crippen molar-refractivity contribution in [2.75, 3.05) is 0 Å². The van der Waals surface area contributed by atoms with Gasteiger partial charge in [0.1, 0.15) is 0 Å². The van der Waals surface area contributed by atoms with Crippen molar-refractivity contribution in [1.82, 2.24) is 0 Å². The van der Waals surface area contributed by atoms with Crippen LogP contribution >= 0.6 is 22.6 Å². The molecular formula is C26H35I. The molecule has 0 spiro atoms. The minimum absolute atomic E-state index is 0.151. The van der Waals surface area contributed by atoms with Gasteiger partial charge in [0.05, 0.1) is 0 Å². The van der Waals surface area contributed by atoms with Crippen molar-refractivity contribution in [2.45, 2.75) is 78.6 Å². The van der Waals surface area contributed by atoms with Gasteiger partial charge in [-0.15, -0.1) is 0 Å². The summed E-state index contributed by atoms with van der Waals surface area (Å²) >= 11 is 2.32. The first-order valence-corrected chi connectivity index (χ1v) is 11.8. The van der Waals surface area contributed by atoms with Crippen molar-refractivity contribution in [3.63, 3.8) is 0 Å². The molecule has 2 rings (SSSR count). The number of hydrogen-bond donors (Lipinski definition) is 0. The summed E-state index contributed by atoms with van der Waals surface area (Å²) in [5, 5.41) is 0. The Hall–Kier alpha value is -1.09. The van der Waals surface area contributed by atoms with Crippen LogP contribution in [0.25, 0.3) is 5.57 Å². The van der Waals surface area contributed by atoms with E-state index in [0.717, 1.165) is 0 Å². The van der Waals surface area contributed by atoms with E-state index in [-0.39, 0.29) is 5.41 Å². The minimum Gasteiger partial charge on any atom is -0.0870 e. The smallest absolute Gasteiger partial charge is 0.0215 e. The van der Waals surface area contributed by atoms with Gasteiger partial charge in [-0.3, -0.25) is 0 Å². The second-order valence-corrected chi connectivity index (χ2v) is 8.44. The van der Waals surface area contributed by atoms with Gasteiger partial charge >= 0.3 is 0 Å². The maximum absolute atomic E-state index is 2.53. The Bertz CT molecular complexity index is 752. The molecule has 0 N–H and O–H groups in total. The fourth-order valence-corrected chi connectivity index (χ4v) is 5.24. The fraction of sp³-hybridized carbons (Fsp3) is 0.462. The molecule has 0 bridgehead atoms. The Morgan fingerprint density at radius 3 is 2.33 bits per heavy atom. The first-order chi connectivity index (χ1) is 13.1. The van der Waals surface area contributed by atoms with Crippen molar-refractivity contribution >= 4 is 28.2 Å². The third-order valence-corrected chi connectivity index (χ3v) is 5.98. The summed E-state index contributed by atoms with van der Waals surface area (Å²) in [6.07, 6.45) is 16.4. The Morgan fingerprint density at radius 1 is 1.07 bits per heavy atom. The van der Waals surface area contributed by atoms with Crippen LogP contribution in [0.4, 0.5) is 0 Å². The molecule has 0 unspecified atom stereocenters. The molecule has 0 saturated carbocycles.